The summed E-state index contributed by atoms with van der Waals surface area (Å²) in [6.07, 6.45) is 6.72. The van der Waals surface area contributed by atoms with Crippen LogP contribution in [-0.2, 0) is 14.8 Å². The van der Waals surface area contributed by atoms with Crippen LogP contribution in [0.2, 0.25) is 15.1 Å². The Bertz CT molecular complexity index is 917. The summed E-state index contributed by atoms with van der Waals surface area (Å²) in [5.74, 6) is 3.22. The van der Waals surface area contributed by atoms with Crippen molar-refractivity contribution in [1.82, 2.24) is 4.72 Å². The number of carbonyl (C=O) groups excluding carboxylic acids is 1. The minimum Gasteiger partial charge on any atom is -0.298 e. The van der Waals surface area contributed by atoms with Crippen LogP contribution in [0.1, 0.15) is 52.4 Å². The Balaban J connectivity index is 1.49. The minimum absolute atomic E-state index is 0.0195. The normalized spacial score (nSPS) is 31.3. The van der Waals surface area contributed by atoms with Crippen LogP contribution in [-0.4, -0.2) is 19.7 Å². The highest BCUT2D eigenvalue weighted by molar-refractivity contribution is 7.89. The topological polar surface area (TPSA) is 63.2 Å². The van der Waals surface area contributed by atoms with E-state index in [4.69, 9.17) is 34.8 Å². The van der Waals surface area contributed by atoms with Gasteiger partial charge in [-0.05, 0) is 87.7 Å². The van der Waals surface area contributed by atoms with E-state index in [-0.39, 0.29) is 25.7 Å². The number of hydrogen-bond acceptors (Lipinski definition) is 3. The number of Topliss-reactive ketones (excluding diaryl/α,β-unsaturated/α-hetero) is 1. The molecule has 1 N–H and O–H groups in total. The first-order valence-electron chi connectivity index (χ1n) is 10.2. The molecule has 160 valence electrons. The lowest BCUT2D eigenvalue weighted by Gasteiger charge is -2.54. The molecular weight excluding hydrogens is 453 g/mol. The van der Waals surface area contributed by atoms with Crippen LogP contribution in [0.25, 0.3) is 0 Å². The predicted molar refractivity (Wildman–Crippen MR) is 116 cm³/mol. The Morgan fingerprint density at radius 2 is 1.55 bits per heavy atom. The molecule has 0 amide bonds. The molecule has 0 saturated heterocycles. The van der Waals surface area contributed by atoms with E-state index < -0.39 is 15.6 Å². The Hall–Kier alpha value is -0.330. The van der Waals surface area contributed by atoms with Gasteiger partial charge in [-0.3, -0.25) is 4.79 Å². The number of nitrogens with one attached hydrogen (secondary N) is 1. The molecule has 0 aromatic heterocycles. The number of halogens is 3. The maximum Gasteiger partial charge on any atom is 0.243 e. The molecule has 4 nitrogen and oxygen atoms in total. The van der Waals surface area contributed by atoms with Crippen LogP contribution in [0.5, 0.6) is 0 Å². The Morgan fingerprint density at radius 1 is 1.00 bits per heavy atom. The van der Waals surface area contributed by atoms with E-state index >= 15 is 0 Å². The van der Waals surface area contributed by atoms with Gasteiger partial charge >= 0.3 is 0 Å². The molecule has 0 spiro atoms. The molecule has 0 unspecified atom stereocenters. The van der Waals surface area contributed by atoms with Crippen molar-refractivity contribution in [1.29, 1.82) is 0 Å². The average molecular weight is 479 g/mol. The van der Waals surface area contributed by atoms with Crippen molar-refractivity contribution < 1.29 is 13.2 Å². The molecule has 29 heavy (non-hydrogen) atoms. The summed E-state index contributed by atoms with van der Waals surface area (Å²) in [5.41, 5.74) is -1.23. The smallest absolute Gasteiger partial charge is 0.243 e. The zero-order valence-corrected chi connectivity index (χ0v) is 19.6. The predicted octanol–water partition coefficient (Wildman–Crippen LogP) is 5.74. The summed E-state index contributed by atoms with van der Waals surface area (Å²) in [6.45, 7) is 3.24. The molecule has 4 aliphatic rings. The molecule has 1 aromatic rings. The molecule has 0 heterocycles. The largest absolute Gasteiger partial charge is 0.298 e. The third-order valence-electron chi connectivity index (χ3n) is 7.22. The molecular formula is C21H26Cl3NO3S. The monoisotopic (exact) mass is 477 g/mol. The highest BCUT2D eigenvalue weighted by Crippen LogP contribution is 2.57. The first kappa shape index (κ1) is 21.9. The van der Waals surface area contributed by atoms with Gasteiger partial charge in [-0.2, -0.15) is 4.72 Å². The van der Waals surface area contributed by atoms with Gasteiger partial charge in [-0.1, -0.05) is 34.8 Å². The maximum absolute atomic E-state index is 13.2. The second-order valence-electron chi connectivity index (χ2n) is 9.63. The fraction of sp³-hybridized carbons (Fsp3) is 0.667. The summed E-state index contributed by atoms with van der Waals surface area (Å²) in [6, 6.07) is 2.69. The fourth-order valence-electron chi connectivity index (χ4n) is 6.00. The number of sulfonamides is 1. The molecule has 4 saturated carbocycles. The number of benzene rings is 1. The van der Waals surface area contributed by atoms with E-state index in [1.165, 1.54) is 44.2 Å². The Labute approximate surface area is 187 Å². The van der Waals surface area contributed by atoms with Crippen LogP contribution in [0.4, 0.5) is 0 Å². The van der Waals surface area contributed by atoms with Gasteiger partial charge in [0.2, 0.25) is 10.0 Å². The number of hydrogen-bond donors (Lipinski definition) is 1. The van der Waals surface area contributed by atoms with Gasteiger partial charge in [0.05, 0.1) is 20.6 Å². The molecule has 4 fully saturated rings. The zero-order valence-electron chi connectivity index (χ0n) is 16.6. The molecule has 4 bridgehead atoms. The van der Waals surface area contributed by atoms with Crippen molar-refractivity contribution in [3.05, 3.63) is 27.2 Å². The molecule has 0 aliphatic heterocycles. The minimum atomic E-state index is -4.04. The second-order valence-corrected chi connectivity index (χ2v) is 12.4. The summed E-state index contributed by atoms with van der Waals surface area (Å²) >= 11 is 18.0. The number of carbonyl (C=O) groups is 1. The highest BCUT2D eigenvalue weighted by Gasteiger charge is 2.49. The van der Waals surface area contributed by atoms with Crippen molar-refractivity contribution in [3.63, 3.8) is 0 Å². The van der Waals surface area contributed by atoms with Crippen LogP contribution < -0.4 is 4.72 Å². The van der Waals surface area contributed by atoms with Gasteiger partial charge in [-0.25, -0.2) is 8.42 Å². The first-order valence-corrected chi connectivity index (χ1v) is 12.8. The second kappa shape index (κ2) is 7.67. The SMILES string of the molecule is CC(C)(NS(=O)(=O)c1ccc(Cl)c(Cl)c1Cl)C(=O)CC1C2CC3CC(C2)CC1C3. The maximum atomic E-state index is 13.2. The van der Waals surface area contributed by atoms with E-state index in [0.29, 0.717) is 24.2 Å². The zero-order chi connectivity index (χ0) is 21.1. The van der Waals surface area contributed by atoms with Gasteiger partial charge in [0.25, 0.3) is 0 Å². The first-order chi connectivity index (χ1) is 13.5. The molecule has 0 radical (unpaired) electrons. The van der Waals surface area contributed by atoms with E-state index in [2.05, 4.69) is 4.72 Å². The lowest BCUT2D eigenvalue weighted by Crippen LogP contribution is -2.52. The highest BCUT2D eigenvalue weighted by atomic mass is 35.5. The molecule has 5 rings (SSSR count). The lowest BCUT2D eigenvalue weighted by atomic mass is 9.51. The van der Waals surface area contributed by atoms with Gasteiger partial charge < -0.3 is 0 Å². The van der Waals surface area contributed by atoms with Crippen LogP contribution in [0.15, 0.2) is 17.0 Å². The fourth-order valence-corrected chi connectivity index (χ4v) is 8.38. The van der Waals surface area contributed by atoms with Crippen LogP contribution in [0.3, 0.4) is 0 Å². The van der Waals surface area contributed by atoms with Gasteiger partial charge in [0, 0.05) is 6.42 Å². The van der Waals surface area contributed by atoms with E-state index in [0.717, 1.165) is 11.8 Å². The van der Waals surface area contributed by atoms with E-state index in [1.807, 2.05) is 0 Å². The number of ketones is 1. The summed E-state index contributed by atoms with van der Waals surface area (Å²) < 4.78 is 28.4. The van der Waals surface area contributed by atoms with E-state index in [1.54, 1.807) is 13.8 Å². The van der Waals surface area contributed by atoms with Crippen molar-refractivity contribution in [2.45, 2.75) is 62.8 Å². The quantitative estimate of drug-likeness (QED) is 0.531. The van der Waals surface area contributed by atoms with Crippen LogP contribution in [0, 0.1) is 29.6 Å². The van der Waals surface area contributed by atoms with Gasteiger partial charge in [0.15, 0.2) is 5.78 Å². The van der Waals surface area contributed by atoms with Crippen molar-refractivity contribution in [2.75, 3.05) is 0 Å². The van der Waals surface area contributed by atoms with Gasteiger partial charge in [0.1, 0.15) is 4.90 Å². The molecule has 4 aliphatic carbocycles. The third-order valence-corrected chi connectivity index (χ3v) is 10.3. The summed E-state index contributed by atoms with van der Waals surface area (Å²) in [5, 5.41) is 0.0118. The van der Waals surface area contributed by atoms with Crippen molar-refractivity contribution >= 4 is 50.6 Å². The summed E-state index contributed by atoms with van der Waals surface area (Å²) in [4.78, 5) is 13.0. The Morgan fingerprint density at radius 3 is 2.10 bits per heavy atom. The summed E-state index contributed by atoms with van der Waals surface area (Å²) in [7, 11) is -4.04. The van der Waals surface area contributed by atoms with Crippen molar-refractivity contribution in [2.24, 2.45) is 29.6 Å². The number of rotatable bonds is 6. The van der Waals surface area contributed by atoms with Gasteiger partial charge in [-0.15, -0.1) is 0 Å². The Kier molecular flexibility index (Phi) is 5.79. The standard InChI is InChI=1S/C21H26Cl3NO3S/c1-21(2,25-29(27,28)17-4-3-16(22)19(23)20(17)24)18(26)10-15-13-6-11-5-12(8-13)9-14(15)7-11/h3-4,11-15,25H,5-10H2,1-2H3. The molecule has 1 aromatic carbocycles. The van der Waals surface area contributed by atoms with Crippen LogP contribution >= 0.6 is 34.8 Å². The van der Waals surface area contributed by atoms with E-state index in [9.17, 15) is 13.2 Å². The van der Waals surface area contributed by atoms with Crippen molar-refractivity contribution in [3.8, 4) is 0 Å². The molecule has 8 heteroatoms. The lowest BCUT2D eigenvalue weighted by molar-refractivity contribution is -0.128. The average Bonchev–Trinajstić information content (AvgIpc) is 2.60. The molecule has 0 atom stereocenters. The third kappa shape index (κ3) is 4.10.